The highest BCUT2D eigenvalue weighted by Gasteiger charge is 2.21. The number of hydrogen-bond donors (Lipinski definition) is 2. The average Bonchev–Trinajstić information content (AvgIpc) is 3.45. The van der Waals surface area contributed by atoms with Crippen molar-refractivity contribution in [3.63, 3.8) is 0 Å². The van der Waals surface area contributed by atoms with Gasteiger partial charge in [-0.25, -0.2) is 9.78 Å². The van der Waals surface area contributed by atoms with Crippen LogP contribution in [0.15, 0.2) is 55.1 Å². The molecule has 5 aromatic rings. The Hall–Kier alpha value is -4.18. The maximum absolute atomic E-state index is 13.3. The number of aromatic nitrogens is 5. The number of hydrogen-bond acceptors (Lipinski definition) is 8. The Balaban J connectivity index is 1.65. The van der Waals surface area contributed by atoms with Crippen LogP contribution in [0.5, 0.6) is 0 Å². The van der Waals surface area contributed by atoms with Crippen LogP contribution in [0.2, 0.25) is 5.15 Å². The van der Waals surface area contributed by atoms with Gasteiger partial charge in [-0.1, -0.05) is 22.8 Å². The lowest BCUT2D eigenvalue weighted by Gasteiger charge is -2.20. The fourth-order valence-electron chi connectivity index (χ4n) is 4.11. The molecule has 1 unspecified atom stereocenters. The molecule has 0 fully saturated rings. The number of rotatable bonds is 5. The van der Waals surface area contributed by atoms with E-state index in [9.17, 15) is 9.59 Å². The second kappa shape index (κ2) is 8.55. The molecule has 0 saturated heterocycles. The summed E-state index contributed by atoms with van der Waals surface area (Å²) in [4.78, 5) is 31.6. The van der Waals surface area contributed by atoms with E-state index in [1.54, 1.807) is 43.0 Å². The zero-order chi connectivity index (χ0) is 24.9. The molecule has 0 saturated carbocycles. The molecule has 11 heteroatoms. The van der Waals surface area contributed by atoms with Crippen molar-refractivity contribution in [2.45, 2.75) is 26.8 Å². The van der Waals surface area contributed by atoms with Gasteiger partial charge >= 0.3 is 5.76 Å². The number of H-pyrrole nitrogens is 1. The number of aryl methyl sites for hydroxylation is 2. The van der Waals surface area contributed by atoms with Crippen LogP contribution in [0.1, 0.15) is 29.7 Å². The van der Waals surface area contributed by atoms with Crippen molar-refractivity contribution in [2.75, 3.05) is 5.32 Å². The van der Waals surface area contributed by atoms with E-state index < -0.39 is 5.76 Å². The Morgan fingerprint density at radius 3 is 2.66 bits per heavy atom. The fraction of sp³-hybridized carbons (Fsp3) is 0.208. The highest BCUT2D eigenvalue weighted by Crippen LogP contribution is 2.33. The number of nitrogens with zero attached hydrogens (tertiary/aromatic N) is 4. The summed E-state index contributed by atoms with van der Waals surface area (Å²) >= 11 is 6.09. The predicted octanol–water partition coefficient (Wildman–Crippen LogP) is 4.38. The molecule has 0 aliphatic rings. The van der Waals surface area contributed by atoms with Gasteiger partial charge in [-0.3, -0.25) is 19.0 Å². The molecule has 1 aromatic carbocycles. The summed E-state index contributed by atoms with van der Waals surface area (Å²) in [5.74, 6) is -0.0962. The van der Waals surface area contributed by atoms with Crippen LogP contribution in [0, 0.1) is 13.8 Å². The van der Waals surface area contributed by atoms with E-state index in [-0.39, 0.29) is 22.4 Å². The first kappa shape index (κ1) is 22.6. The zero-order valence-corrected chi connectivity index (χ0v) is 20.1. The molecule has 0 aliphatic heterocycles. The average molecular weight is 493 g/mol. The van der Waals surface area contributed by atoms with Crippen LogP contribution in [0.4, 0.5) is 5.69 Å². The van der Waals surface area contributed by atoms with Crippen molar-refractivity contribution in [2.24, 2.45) is 7.05 Å². The van der Waals surface area contributed by atoms with Gasteiger partial charge in [0.1, 0.15) is 22.1 Å². The van der Waals surface area contributed by atoms with Crippen LogP contribution in [-0.2, 0) is 7.05 Å². The first-order valence-electron chi connectivity index (χ1n) is 10.8. The molecular weight excluding hydrogens is 472 g/mol. The van der Waals surface area contributed by atoms with Crippen LogP contribution in [0.3, 0.4) is 0 Å². The number of fused-ring (bicyclic) bond motifs is 1. The van der Waals surface area contributed by atoms with Crippen molar-refractivity contribution < 1.29 is 8.94 Å². The third-order valence-corrected chi connectivity index (χ3v) is 6.02. The van der Waals surface area contributed by atoms with Crippen LogP contribution in [-0.4, -0.2) is 24.9 Å². The minimum Gasteiger partial charge on any atom is -0.454 e. The Bertz CT molecular complexity index is 1700. The minimum absolute atomic E-state index is 0.103. The number of anilines is 1. The first-order valence-corrected chi connectivity index (χ1v) is 11.2. The Morgan fingerprint density at radius 1 is 1.17 bits per heavy atom. The van der Waals surface area contributed by atoms with Gasteiger partial charge in [0.2, 0.25) is 5.82 Å². The second-order valence-electron chi connectivity index (χ2n) is 8.30. The lowest BCUT2D eigenvalue weighted by molar-refractivity contribution is 0.388. The molecule has 0 spiro atoms. The summed E-state index contributed by atoms with van der Waals surface area (Å²) < 4.78 is 12.7. The molecule has 0 bridgehead atoms. The minimum atomic E-state index is -0.703. The fourth-order valence-corrected chi connectivity index (χ4v) is 4.25. The van der Waals surface area contributed by atoms with Gasteiger partial charge in [0.25, 0.3) is 0 Å². The number of pyridine rings is 1. The van der Waals surface area contributed by atoms with Crippen LogP contribution < -0.4 is 16.5 Å². The Labute approximate surface area is 203 Å². The van der Waals surface area contributed by atoms with Crippen molar-refractivity contribution in [3.8, 4) is 23.0 Å². The third-order valence-electron chi connectivity index (χ3n) is 5.81. The van der Waals surface area contributed by atoms with E-state index in [0.717, 1.165) is 11.1 Å². The lowest BCUT2D eigenvalue weighted by Crippen LogP contribution is -2.13. The number of nitrogens with one attached hydrogen (secondary N) is 2. The van der Waals surface area contributed by atoms with E-state index in [1.165, 1.54) is 0 Å². The number of halogens is 1. The summed E-state index contributed by atoms with van der Waals surface area (Å²) in [7, 11) is 1.79. The van der Waals surface area contributed by atoms with E-state index in [0.29, 0.717) is 39.4 Å². The summed E-state index contributed by atoms with van der Waals surface area (Å²) in [6.07, 6.45) is 1.66. The van der Waals surface area contributed by atoms with Crippen molar-refractivity contribution >= 4 is 28.3 Å². The van der Waals surface area contributed by atoms with Gasteiger partial charge in [-0.2, -0.15) is 5.10 Å². The standard InChI is InChI=1S/C24H21ClN6O4/c1-11-9-14(13(3)27-16-5-6-18(25)28-19(16)23-29-24(33)35-30-23)22-15(10-11)20(32)12(2)21(34-22)17-7-8-26-31(17)4/h5-10,13,27H,1-4H3,(H,29,30,33). The van der Waals surface area contributed by atoms with Crippen LogP contribution >= 0.6 is 11.6 Å². The molecule has 178 valence electrons. The van der Waals surface area contributed by atoms with E-state index in [2.05, 4.69) is 30.1 Å². The third kappa shape index (κ3) is 4.01. The molecule has 35 heavy (non-hydrogen) atoms. The second-order valence-corrected chi connectivity index (χ2v) is 8.68. The Morgan fingerprint density at radius 2 is 1.97 bits per heavy atom. The highest BCUT2D eigenvalue weighted by atomic mass is 35.5. The topological polar surface area (TPSA) is 132 Å². The SMILES string of the molecule is Cc1cc(C(C)Nc2ccc(Cl)nc2-c2noc(=O)[nH]2)c2oc(-c3ccnn3C)c(C)c(=O)c2c1. The smallest absolute Gasteiger partial charge is 0.439 e. The van der Waals surface area contributed by atoms with E-state index in [1.807, 2.05) is 26.0 Å². The van der Waals surface area contributed by atoms with Gasteiger partial charge in [-0.15, -0.1) is 0 Å². The predicted molar refractivity (Wildman–Crippen MR) is 132 cm³/mol. The van der Waals surface area contributed by atoms with E-state index >= 15 is 0 Å². The maximum atomic E-state index is 13.3. The largest absolute Gasteiger partial charge is 0.454 e. The zero-order valence-electron chi connectivity index (χ0n) is 19.3. The number of benzene rings is 1. The van der Waals surface area contributed by atoms with Crippen molar-refractivity contribution in [1.29, 1.82) is 0 Å². The highest BCUT2D eigenvalue weighted by molar-refractivity contribution is 6.29. The molecule has 0 amide bonds. The van der Waals surface area contributed by atoms with E-state index in [4.69, 9.17) is 16.0 Å². The molecule has 4 aromatic heterocycles. The monoisotopic (exact) mass is 492 g/mol. The summed E-state index contributed by atoms with van der Waals surface area (Å²) in [6.45, 7) is 5.61. The maximum Gasteiger partial charge on any atom is 0.439 e. The summed E-state index contributed by atoms with van der Waals surface area (Å²) in [5, 5.41) is 12.0. The van der Waals surface area contributed by atoms with Crippen molar-refractivity contribution in [1.82, 2.24) is 24.9 Å². The van der Waals surface area contributed by atoms with Gasteiger partial charge in [-0.05, 0) is 50.6 Å². The normalized spacial score (nSPS) is 12.3. The summed E-state index contributed by atoms with van der Waals surface area (Å²) in [5.41, 5.74) is 4.15. The molecule has 0 radical (unpaired) electrons. The van der Waals surface area contributed by atoms with Gasteiger partial charge in [0.05, 0.1) is 17.1 Å². The molecular formula is C24H21ClN6O4. The molecule has 10 nitrogen and oxygen atoms in total. The van der Waals surface area contributed by atoms with Gasteiger partial charge < -0.3 is 9.73 Å². The van der Waals surface area contributed by atoms with Crippen LogP contribution in [0.25, 0.3) is 33.9 Å². The molecule has 1 atom stereocenters. The molecule has 4 heterocycles. The van der Waals surface area contributed by atoms with Crippen molar-refractivity contribution in [3.05, 3.63) is 79.1 Å². The van der Waals surface area contributed by atoms with Gasteiger partial charge in [0, 0.05) is 24.4 Å². The van der Waals surface area contributed by atoms with Gasteiger partial charge in [0.15, 0.2) is 11.2 Å². The summed E-state index contributed by atoms with van der Waals surface area (Å²) in [6, 6.07) is 8.61. The molecule has 2 N–H and O–H groups in total. The quantitative estimate of drug-likeness (QED) is 0.345. The molecule has 5 rings (SSSR count). The molecule has 0 aliphatic carbocycles. The number of aromatic amines is 1. The first-order chi connectivity index (χ1) is 16.7. The lowest BCUT2D eigenvalue weighted by atomic mass is 9.99. The Kier molecular flexibility index (Phi) is 5.52.